The van der Waals surface area contributed by atoms with Gasteiger partial charge in [0.15, 0.2) is 0 Å². The van der Waals surface area contributed by atoms with Crippen molar-refractivity contribution < 1.29 is 4.79 Å². The minimum atomic E-state index is 0.00185. The maximum Gasteiger partial charge on any atom is 0.317 e. The Balaban J connectivity index is 3.43. The lowest BCUT2D eigenvalue weighted by molar-refractivity contribution is 0.211. The standard InChI is InChI=1S/C9H18N2O/c1-4-6-7-8-10-9(12)11(3)5-2/h4,6H,5,7-8H2,1-3H3,(H,10,12)/b6-4+. The highest BCUT2D eigenvalue weighted by molar-refractivity contribution is 5.73. The molecule has 0 saturated carbocycles. The van der Waals surface area contributed by atoms with Crippen LogP contribution in [0.2, 0.25) is 0 Å². The van der Waals surface area contributed by atoms with Crippen LogP contribution in [0.4, 0.5) is 4.79 Å². The number of urea groups is 1. The number of hydrogen-bond donors (Lipinski definition) is 1. The summed E-state index contributed by atoms with van der Waals surface area (Å²) in [7, 11) is 1.78. The van der Waals surface area contributed by atoms with Crippen molar-refractivity contribution in [2.24, 2.45) is 0 Å². The first-order valence-corrected chi connectivity index (χ1v) is 4.32. The van der Waals surface area contributed by atoms with Crippen LogP contribution >= 0.6 is 0 Å². The molecule has 0 spiro atoms. The second-order valence-corrected chi connectivity index (χ2v) is 2.60. The van der Waals surface area contributed by atoms with Crippen LogP contribution in [-0.2, 0) is 0 Å². The number of nitrogens with zero attached hydrogens (tertiary/aromatic N) is 1. The van der Waals surface area contributed by atoms with Crippen molar-refractivity contribution >= 4 is 6.03 Å². The number of nitrogens with one attached hydrogen (secondary N) is 1. The minimum absolute atomic E-state index is 0.00185. The maximum atomic E-state index is 11.1. The molecule has 2 amide bonds. The SMILES string of the molecule is C/C=C/CCNC(=O)N(C)CC. The van der Waals surface area contributed by atoms with Crippen LogP contribution in [-0.4, -0.2) is 31.1 Å². The van der Waals surface area contributed by atoms with Gasteiger partial charge in [0.2, 0.25) is 0 Å². The van der Waals surface area contributed by atoms with Gasteiger partial charge < -0.3 is 10.2 Å². The Morgan fingerprint density at radius 3 is 2.75 bits per heavy atom. The minimum Gasteiger partial charge on any atom is -0.338 e. The summed E-state index contributed by atoms with van der Waals surface area (Å²) in [6, 6.07) is 0.00185. The highest BCUT2D eigenvalue weighted by Crippen LogP contribution is 1.84. The van der Waals surface area contributed by atoms with E-state index < -0.39 is 0 Å². The number of allylic oxidation sites excluding steroid dienone is 1. The van der Waals surface area contributed by atoms with Crippen LogP contribution < -0.4 is 5.32 Å². The largest absolute Gasteiger partial charge is 0.338 e. The molecule has 12 heavy (non-hydrogen) atoms. The number of hydrogen-bond acceptors (Lipinski definition) is 1. The Morgan fingerprint density at radius 2 is 2.25 bits per heavy atom. The Morgan fingerprint density at radius 1 is 1.58 bits per heavy atom. The molecule has 0 atom stereocenters. The summed E-state index contributed by atoms with van der Waals surface area (Å²) in [6.45, 7) is 5.38. The van der Waals surface area contributed by atoms with Crippen molar-refractivity contribution in [2.75, 3.05) is 20.1 Å². The van der Waals surface area contributed by atoms with Gasteiger partial charge in [-0.1, -0.05) is 12.2 Å². The first-order valence-electron chi connectivity index (χ1n) is 4.32. The molecule has 0 rings (SSSR count). The van der Waals surface area contributed by atoms with Crippen LogP contribution in [0.5, 0.6) is 0 Å². The van der Waals surface area contributed by atoms with Gasteiger partial charge >= 0.3 is 6.03 Å². The van der Waals surface area contributed by atoms with E-state index in [9.17, 15) is 4.79 Å². The van der Waals surface area contributed by atoms with Crippen molar-refractivity contribution in [3.05, 3.63) is 12.2 Å². The summed E-state index contributed by atoms with van der Waals surface area (Å²) in [6.07, 6.45) is 4.92. The van der Waals surface area contributed by atoms with Gasteiger partial charge in [-0.15, -0.1) is 0 Å². The molecule has 0 heterocycles. The summed E-state index contributed by atoms with van der Waals surface area (Å²) < 4.78 is 0. The lowest BCUT2D eigenvalue weighted by Crippen LogP contribution is -2.37. The highest BCUT2D eigenvalue weighted by atomic mass is 16.2. The average molecular weight is 170 g/mol. The van der Waals surface area contributed by atoms with Crippen LogP contribution in [0.15, 0.2) is 12.2 Å². The molecular formula is C9H18N2O. The van der Waals surface area contributed by atoms with Gasteiger partial charge in [-0.3, -0.25) is 0 Å². The number of carbonyl (C=O) groups excluding carboxylic acids is 1. The lowest BCUT2D eigenvalue weighted by atomic mass is 10.4. The fourth-order valence-electron chi connectivity index (χ4n) is 0.708. The van der Waals surface area contributed by atoms with E-state index in [1.54, 1.807) is 11.9 Å². The van der Waals surface area contributed by atoms with E-state index in [2.05, 4.69) is 5.32 Å². The fourth-order valence-corrected chi connectivity index (χ4v) is 0.708. The summed E-state index contributed by atoms with van der Waals surface area (Å²) in [5.74, 6) is 0. The second-order valence-electron chi connectivity index (χ2n) is 2.60. The Kier molecular flexibility index (Phi) is 6.15. The van der Waals surface area contributed by atoms with E-state index in [4.69, 9.17) is 0 Å². The van der Waals surface area contributed by atoms with Gasteiger partial charge in [0.25, 0.3) is 0 Å². The molecule has 0 aromatic carbocycles. The van der Waals surface area contributed by atoms with Crippen LogP contribution in [0.25, 0.3) is 0 Å². The van der Waals surface area contributed by atoms with Crippen molar-refractivity contribution in [3.63, 3.8) is 0 Å². The monoisotopic (exact) mass is 170 g/mol. The van der Waals surface area contributed by atoms with Crippen molar-refractivity contribution in [3.8, 4) is 0 Å². The van der Waals surface area contributed by atoms with Gasteiger partial charge in [-0.2, -0.15) is 0 Å². The molecule has 0 saturated heterocycles. The van der Waals surface area contributed by atoms with Crippen molar-refractivity contribution in [1.82, 2.24) is 10.2 Å². The van der Waals surface area contributed by atoms with Crippen LogP contribution in [0.3, 0.4) is 0 Å². The summed E-state index contributed by atoms with van der Waals surface area (Å²) >= 11 is 0. The van der Waals surface area contributed by atoms with Gasteiger partial charge in [-0.05, 0) is 20.3 Å². The Hall–Kier alpha value is -0.990. The molecule has 3 nitrogen and oxygen atoms in total. The van der Waals surface area contributed by atoms with E-state index >= 15 is 0 Å². The van der Waals surface area contributed by atoms with Crippen molar-refractivity contribution in [2.45, 2.75) is 20.3 Å². The molecule has 0 aromatic rings. The predicted octanol–water partition coefficient (Wildman–Crippen LogP) is 1.61. The highest BCUT2D eigenvalue weighted by Gasteiger charge is 2.02. The zero-order valence-corrected chi connectivity index (χ0v) is 8.13. The molecule has 0 aliphatic heterocycles. The average Bonchev–Trinajstić information content (AvgIpc) is 2.10. The number of carbonyl (C=O) groups is 1. The molecule has 0 unspecified atom stereocenters. The van der Waals surface area contributed by atoms with Crippen LogP contribution in [0, 0.1) is 0 Å². The molecule has 1 N–H and O–H groups in total. The molecule has 0 fully saturated rings. The van der Waals surface area contributed by atoms with E-state index in [0.29, 0.717) is 6.54 Å². The normalized spacial score (nSPS) is 10.2. The van der Waals surface area contributed by atoms with E-state index in [-0.39, 0.29) is 6.03 Å². The van der Waals surface area contributed by atoms with Gasteiger partial charge in [-0.25, -0.2) is 4.79 Å². The molecule has 0 bridgehead atoms. The first-order chi connectivity index (χ1) is 5.72. The van der Waals surface area contributed by atoms with Crippen LogP contribution in [0.1, 0.15) is 20.3 Å². The van der Waals surface area contributed by atoms with E-state index in [0.717, 1.165) is 13.0 Å². The molecule has 0 radical (unpaired) electrons. The second kappa shape index (κ2) is 6.70. The zero-order chi connectivity index (χ0) is 9.40. The van der Waals surface area contributed by atoms with Gasteiger partial charge in [0.1, 0.15) is 0 Å². The predicted molar refractivity (Wildman–Crippen MR) is 51.1 cm³/mol. The quantitative estimate of drug-likeness (QED) is 0.504. The third-order valence-electron chi connectivity index (χ3n) is 1.64. The van der Waals surface area contributed by atoms with Gasteiger partial charge in [0.05, 0.1) is 0 Å². The maximum absolute atomic E-state index is 11.1. The zero-order valence-electron chi connectivity index (χ0n) is 8.13. The van der Waals surface area contributed by atoms with E-state index in [1.807, 2.05) is 26.0 Å². The molecule has 0 aromatic heterocycles. The first kappa shape index (κ1) is 11.0. The third kappa shape index (κ3) is 4.77. The number of rotatable bonds is 4. The van der Waals surface area contributed by atoms with Gasteiger partial charge in [0, 0.05) is 20.1 Å². The summed E-state index contributed by atoms with van der Waals surface area (Å²) in [5, 5.41) is 2.80. The number of amides is 2. The topological polar surface area (TPSA) is 32.3 Å². The molecule has 70 valence electrons. The summed E-state index contributed by atoms with van der Waals surface area (Å²) in [5.41, 5.74) is 0. The molecule has 3 heteroatoms. The third-order valence-corrected chi connectivity index (χ3v) is 1.64. The molecule has 0 aliphatic carbocycles. The van der Waals surface area contributed by atoms with Crippen molar-refractivity contribution in [1.29, 1.82) is 0 Å². The lowest BCUT2D eigenvalue weighted by Gasteiger charge is -2.14. The molecular weight excluding hydrogens is 152 g/mol. The van der Waals surface area contributed by atoms with E-state index in [1.165, 1.54) is 0 Å². The summed E-state index contributed by atoms with van der Waals surface area (Å²) in [4.78, 5) is 12.8. The fraction of sp³-hybridized carbons (Fsp3) is 0.667. The Labute approximate surface area is 74.4 Å². The Bertz CT molecular complexity index is 155. The smallest absolute Gasteiger partial charge is 0.317 e. The molecule has 0 aliphatic rings.